The summed E-state index contributed by atoms with van der Waals surface area (Å²) < 4.78 is 0. The van der Waals surface area contributed by atoms with Crippen LogP contribution in [0.1, 0.15) is 30.9 Å². The van der Waals surface area contributed by atoms with Crippen LogP contribution in [-0.4, -0.2) is 30.9 Å². The van der Waals surface area contributed by atoms with Gasteiger partial charge in [0.15, 0.2) is 0 Å². The average Bonchev–Trinajstić information content (AvgIpc) is 3.27. The molecule has 2 aromatic carbocycles. The molecule has 2 fully saturated rings. The summed E-state index contributed by atoms with van der Waals surface area (Å²) in [4.78, 5) is 40.9. The Labute approximate surface area is 169 Å². The first-order valence-electron chi connectivity index (χ1n) is 9.92. The molecule has 0 unspecified atom stereocenters. The molecule has 4 amide bonds. The number of urea groups is 1. The maximum atomic E-state index is 12.9. The van der Waals surface area contributed by atoms with E-state index in [1.165, 1.54) is 18.9 Å². The zero-order chi connectivity index (χ0) is 20.4. The molecule has 0 aromatic heterocycles. The van der Waals surface area contributed by atoms with Gasteiger partial charge in [0.25, 0.3) is 11.8 Å². The fourth-order valence-electron chi connectivity index (χ4n) is 3.70. The summed E-state index contributed by atoms with van der Waals surface area (Å²) in [6, 6.07) is 14.2. The van der Waals surface area contributed by atoms with Gasteiger partial charge in [0.1, 0.15) is 5.57 Å². The van der Waals surface area contributed by atoms with Gasteiger partial charge in [0.05, 0.1) is 5.69 Å². The number of amides is 4. The smallest absolute Gasteiger partial charge is 0.335 e. The molecule has 2 aliphatic rings. The lowest BCUT2D eigenvalue weighted by Crippen LogP contribution is -2.54. The minimum atomic E-state index is -0.731. The molecule has 6 nitrogen and oxygen atoms in total. The van der Waals surface area contributed by atoms with Crippen LogP contribution in [0, 0.1) is 0 Å². The molecule has 0 aliphatic carbocycles. The van der Waals surface area contributed by atoms with E-state index in [2.05, 4.69) is 10.2 Å². The normalized spacial score (nSPS) is 18.5. The van der Waals surface area contributed by atoms with Crippen LogP contribution in [0.3, 0.4) is 0 Å². The predicted octanol–water partition coefficient (Wildman–Crippen LogP) is 3.52. The highest BCUT2D eigenvalue weighted by atomic mass is 16.2. The van der Waals surface area contributed by atoms with Crippen molar-refractivity contribution in [2.45, 2.75) is 26.2 Å². The lowest BCUT2D eigenvalue weighted by atomic mass is 10.1. The van der Waals surface area contributed by atoms with E-state index in [0.29, 0.717) is 5.69 Å². The Bertz CT molecular complexity index is 971. The highest BCUT2D eigenvalue weighted by Gasteiger charge is 2.36. The second kappa shape index (κ2) is 7.91. The number of anilines is 2. The van der Waals surface area contributed by atoms with Crippen molar-refractivity contribution in [3.05, 3.63) is 65.2 Å². The molecule has 2 aromatic rings. The minimum absolute atomic E-state index is 0.0573. The number of barbiturate groups is 1. The summed E-state index contributed by atoms with van der Waals surface area (Å²) in [7, 11) is 0. The Balaban J connectivity index is 1.60. The molecule has 6 heteroatoms. The van der Waals surface area contributed by atoms with Crippen molar-refractivity contribution in [1.82, 2.24) is 5.32 Å². The third-order valence-corrected chi connectivity index (χ3v) is 5.38. The zero-order valence-corrected chi connectivity index (χ0v) is 16.4. The number of benzene rings is 2. The number of rotatable bonds is 4. The summed E-state index contributed by atoms with van der Waals surface area (Å²) in [5.41, 5.74) is 3.35. The van der Waals surface area contributed by atoms with Crippen LogP contribution in [0.25, 0.3) is 6.08 Å². The van der Waals surface area contributed by atoms with Crippen LogP contribution >= 0.6 is 0 Å². The van der Waals surface area contributed by atoms with E-state index in [1.54, 1.807) is 12.1 Å². The molecule has 0 bridgehead atoms. The van der Waals surface area contributed by atoms with Crippen LogP contribution in [-0.2, 0) is 16.0 Å². The van der Waals surface area contributed by atoms with Gasteiger partial charge in [0.2, 0.25) is 0 Å². The van der Waals surface area contributed by atoms with Gasteiger partial charge >= 0.3 is 6.03 Å². The summed E-state index contributed by atoms with van der Waals surface area (Å²) >= 11 is 0. The Hall–Kier alpha value is -3.41. The molecule has 0 spiro atoms. The largest absolute Gasteiger partial charge is 0.372 e. The number of carbonyl (C=O) groups excluding carboxylic acids is 3. The third-order valence-electron chi connectivity index (χ3n) is 5.38. The molecular formula is C23H23N3O3. The van der Waals surface area contributed by atoms with Crippen molar-refractivity contribution >= 4 is 35.3 Å². The Kier molecular flexibility index (Phi) is 5.16. The van der Waals surface area contributed by atoms with E-state index >= 15 is 0 Å². The number of nitrogens with one attached hydrogen (secondary N) is 1. The molecule has 2 aliphatic heterocycles. The standard InChI is InChI=1S/C23H23N3O3/c1-2-16-5-11-19(12-6-16)26-22(28)20(21(27)24-23(26)29)15-17-7-9-18(10-8-17)25-13-3-4-14-25/h5-12,15H,2-4,13-14H2,1H3,(H,24,27,29)/b20-15+. The second-order valence-corrected chi connectivity index (χ2v) is 7.26. The van der Waals surface area contributed by atoms with E-state index in [4.69, 9.17) is 0 Å². The number of imide groups is 2. The maximum Gasteiger partial charge on any atom is 0.335 e. The maximum absolute atomic E-state index is 12.9. The number of aryl methyl sites for hydroxylation is 1. The molecule has 0 atom stereocenters. The van der Waals surface area contributed by atoms with E-state index in [1.807, 2.05) is 43.3 Å². The number of carbonyl (C=O) groups is 3. The number of hydrogen-bond acceptors (Lipinski definition) is 4. The molecular weight excluding hydrogens is 366 g/mol. The molecule has 4 rings (SSSR count). The van der Waals surface area contributed by atoms with Crippen molar-refractivity contribution in [3.63, 3.8) is 0 Å². The van der Waals surface area contributed by atoms with E-state index in [0.717, 1.165) is 41.2 Å². The molecule has 29 heavy (non-hydrogen) atoms. The second-order valence-electron chi connectivity index (χ2n) is 7.26. The monoisotopic (exact) mass is 389 g/mol. The quantitative estimate of drug-likeness (QED) is 0.642. The SMILES string of the molecule is CCc1ccc(N2C(=O)NC(=O)/C(=C\c3ccc(N4CCCC4)cc3)C2=O)cc1. The molecule has 0 saturated carbocycles. The molecule has 2 heterocycles. The van der Waals surface area contributed by atoms with Crippen molar-refractivity contribution in [2.24, 2.45) is 0 Å². The summed E-state index contributed by atoms with van der Waals surface area (Å²) in [6.07, 6.45) is 4.79. The lowest BCUT2D eigenvalue weighted by molar-refractivity contribution is -0.122. The molecule has 148 valence electrons. The van der Waals surface area contributed by atoms with E-state index in [-0.39, 0.29) is 5.57 Å². The van der Waals surface area contributed by atoms with Gasteiger partial charge in [-0.3, -0.25) is 14.9 Å². The average molecular weight is 389 g/mol. The van der Waals surface area contributed by atoms with Gasteiger partial charge in [-0.15, -0.1) is 0 Å². The number of nitrogens with zero attached hydrogens (tertiary/aromatic N) is 2. The van der Waals surface area contributed by atoms with Crippen LogP contribution < -0.4 is 15.1 Å². The fraction of sp³-hybridized carbons (Fsp3) is 0.261. The van der Waals surface area contributed by atoms with E-state index in [9.17, 15) is 14.4 Å². The highest BCUT2D eigenvalue weighted by Crippen LogP contribution is 2.24. The Morgan fingerprint density at radius 3 is 2.14 bits per heavy atom. The summed E-state index contributed by atoms with van der Waals surface area (Å²) in [6.45, 7) is 4.13. The topological polar surface area (TPSA) is 69.7 Å². The first-order valence-corrected chi connectivity index (χ1v) is 9.92. The van der Waals surface area contributed by atoms with Gasteiger partial charge in [0, 0.05) is 18.8 Å². The fourth-order valence-corrected chi connectivity index (χ4v) is 3.70. The first-order chi connectivity index (χ1) is 14.1. The van der Waals surface area contributed by atoms with Crippen LogP contribution in [0.4, 0.5) is 16.2 Å². The molecule has 2 saturated heterocycles. The van der Waals surface area contributed by atoms with Crippen molar-refractivity contribution < 1.29 is 14.4 Å². The minimum Gasteiger partial charge on any atom is -0.372 e. The van der Waals surface area contributed by atoms with Crippen LogP contribution in [0.15, 0.2) is 54.1 Å². The predicted molar refractivity (Wildman–Crippen MR) is 113 cm³/mol. The van der Waals surface area contributed by atoms with Gasteiger partial charge in [-0.2, -0.15) is 0 Å². The zero-order valence-electron chi connectivity index (χ0n) is 16.4. The molecule has 0 radical (unpaired) electrons. The van der Waals surface area contributed by atoms with Crippen molar-refractivity contribution in [1.29, 1.82) is 0 Å². The first kappa shape index (κ1) is 18.9. The molecule has 1 N–H and O–H groups in total. The summed E-state index contributed by atoms with van der Waals surface area (Å²) in [5, 5.41) is 2.26. The summed E-state index contributed by atoms with van der Waals surface area (Å²) in [5.74, 6) is -1.29. The van der Waals surface area contributed by atoms with Gasteiger partial charge in [-0.1, -0.05) is 31.2 Å². The number of hydrogen-bond donors (Lipinski definition) is 1. The third kappa shape index (κ3) is 3.78. The van der Waals surface area contributed by atoms with Crippen LogP contribution in [0.2, 0.25) is 0 Å². The Morgan fingerprint density at radius 2 is 1.52 bits per heavy atom. The Morgan fingerprint density at radius 1 is 0.897 bits per heavy atom. The van der Waals surface area contributed by atoms with Crippen LogP contribution in [0.5, 0.6) is 0 Å². The van der Waals surface area contributed by atoms with E-state index < -0.39 is 17.8 Å². The van der Waals surface area contributed by atoms with Crippen molar-refractivity contribution in [2.75, 3.05) is 22.9 Å². The lowest BCUT2D eigenvalue weighted by Gasteiger charge is -2.26. The van der Waals surface area contributed by atoms with Gasteiger partial charge < -0.3 is 4.90 Å². The van der Waals surface area contributed by atoms with Gasteiger partial charge in [-0.25, -0.2) is 9.69 Å². The van der Waals surface area contributed by atoms with Crippen molar-refractivity contribution in [3.8, 4) is 0 Å². The highest BCUT2D eigenvalue weighted by molar-refractivity contribution is 6.39. The van der Waals surface area contributed by atoms with Gasteiger partial charge in [-0.05, 0) is 60.7 Å².